The van der Waals surface area contributed by atoms with Crippen molar-refractivity contribution in [2.75, 3.05) is 5.32 Å². The fourth-order valence-corrected chi connectivity index (χ4v) is 2.40. The van der Waals surface area contributed by atoms with Gasteiger partial charge in [0.1, 0.15) is 11.8 Å². The second-order valence-corrected chi connectivity index (χ2v) is 4.79. The molecule has 2 atom stereocenters. The molecule has 1 aromatic heterocycles. The van der Waals surface area contributed by atoms with E-state index in [9.17, 15) is 13.2 Å². The van der Waals surface area contributed by atoms with Crippen LogP contribution in [0.2, 0.25) is 0 Å². The molecule has 0 radical (unpaired) electrons. The molecule has 19 heavy (non-hydrogen) atoms. The van der Waals surface area contributed by atoms with Crippen LogP contribution in [-0.2, 0) is 0 Å². The van der Waals surface area contributed by atoms with Crippen LogP contribution in [0.3, 0.4) is 0 Å². The molecule has 0 amide bonds. The zero-order chi connectivity index (χ0) is 13.9. The van der Waals surface area contributed by atoms with Crippen LogP contribution in [-0.4, -0.2) is 17.2 Å². The van der Waals surface area contributed by atoms with Gasteiger partial charge in [-0.05, 0) is 31.4 Å². The number of pyridine rings is 1. The maximum Gasteiger partial charge on any atom is 0.391 e. The zero-order valence-corrected chi connectivity index (χ0v) is 10.2. The van der Waals surface area contributed by atoms with Crippen molar-refractivity contribution in [1.29, 1.82) is 5.26 Å². The fourth-order valence-electron chi connectivity index (χ4n) is 2.40. The van der Waals surface area contributed by atoms with Crippen LogP contribution < -0.4 is 5.32 Å². The van der Waals surface area contributed by atoms with Crippen molar-refractivity contribution in [2.24, 2.45) is 5.92 Å². The number of nitrogens with zero attached hydrogens (tertiary/aromatic N) is 2. The van der Waals surface area contributed by atoms with Crippen LogP contribution in [0.4, 0.5) is 18.9 Å². The van der Waals surface area contributed by atoms with Gasteiger partial charge in [-0.3, -0.25) is 0 Å². The summed E-state index contributed by atoms with van der Waals surface area (Å²) >= 11 is 0. The molecule has 1 aliphatic rings. The highest BCUT2D eigenvalue weighted by atomic mass is 19.4. The van der Waals surface area contributed by atoms with E-state index in [2.05, 4.69) is 10.3 Å². The number of nitriles is 1. The Balaban J connectivity index is 1.97. The summed E-state index contributed by atoms with van der Waals surface area (Å²) < 4.78 is 38.0. The van der Waals surface area contributed by atoms with E-state index in [0.717, 1.165) is 6.42 Å². The predicted octanol–water partition coefficient (Wildman–Crippen LogP) is 3.49. The lowest BCUT2D eigenvalue weighted by Crippen LogP contribution is -2.34. The minimum Gasteiger partial charge on any atom is -0.381 e. The largest absolute Gasteiger partial charge is 0.391 e. The van der Waals surface area contributed by atoms with Crippen molar-refractivity contribution in [3.05, 3.63) is 24.0 Å². The maximum atomic E-state index is 12.7. The first kappa shape index (κ1) is 13.7. The first-order chi connectivity index (χ1) is 8.99. The van der Waals surface area contributed by atoms with Crippen LogP contribution in [0, 0.1) is 17.2 Å². The monoisotopic (exact) mass is 269 g/mol. The molecule has 0 spiro atoms. The normalized spacial score (nSPS) is 23.7. The van der Waals surface area contributed by atoms with Gasteiger partial charge in [-0.15, -0.1) is 0 Å². The molecule has 2 unspecified atom stereocenters. The maximum absolute atomic E-state index is 12.7. The third-order valence-electron chi connectivity index (χ3n) is 3.39. The molecular formula is C13H14F3N3. The van der Waals surface area contributed by atoms with Crippen molar-refractivity contribution in [1.82, 2.24) is 4.98 Å². The molecule has 1 fully saturated rings. The fraction of sp³-hybridized carbons (Fsp3) is 0.538. The number of hydrogen-bond donors (Lipinski definition) is 1. The van der Waals surface area contributed by atoms with Gasteiger partial charge in [0.15, 0.2) is 0 Å². The van der Waals surface area contributed by atoms with E-state index in [-0.39, 0.29) is 18.9 Å². The molecule has 6 heteroatoms. The Labute approximate surface area is 109 Å². The van der Waals surface area contributed by atoms with E-state index in [1.807, 2.05) is 6.07 Å². The number of anilines is 1. The Morgan fingerprint density at radius 2 is 2.11 bits per heavy atom. The molecule has 0 saturated heterocycles. The number of rotatable bonds is 2. The van der Waals surface area contributed by atoms with E-state index in [1.54, 1.807) is 12.1 Å². The van der Waals surface area contributed by atoms with Gasteiger partial charge in [0.25, 0.3) is 0 Å². The van der Waals surface area contributed by atoms with Gasteiger partial charge in [-0.2, -0.15) is 18.4 Å². The molecular weight excluding hydrogens is 255 g/mol. The minimum atomic E-state index is -4.11. The van der Waals surface area contributed by atoms with E-state index in [0.29, 0.717) is 17.8 Å². The lowest BCUT2D eigenvalue weighted by molar-refractivity contribution is -0.182. The van der Waals surface area contributed by atoms with Crippen molar-refractivity contribution < 1.29 is 13.2 Å². The van der Waals surface area contributed by atoms with Crippen molar-refractivity contribution in [2.45, 2.75) is 37.9 Å². The zero-order valence-electron chi connectivity index (χ0n) is 10.2. The lowest BCUT2D eigenvalue weighted by Gasteiger charge is -2.31. The predicted molar refractivity (Wildman–Crippen MR) is 64.4 cm³/mol. The molecule has 102 valence electrons. The highest BCUT2D eigenvalue weighted by Gasteiger charge is 2.42. The Morgan fingerprint density at radius 1 is 1.32 bits per heavy atom. The molecule has 1 saturated carbocycles. The Morgan fingerprint density at radius 3 is 2.68 bits per heavy atom. The number of hydrogen-bond acceptors (Lipinski definition) is 3. The van der Waals surface area contributed by atoms with E-state index in [1.165, 1.54) is 6.20 Å². The van der Waals surface area contributed by atoms with Crippen LogP contribution in [0.1, 0.15) is 31.4 Å². The SMILES string of the molecule is N#Cc1ccc(NC2CCCC(C(F)(F)F)C2)cn1. The molecule has 1 N–H and O–H groups in total. The Kier molecular flexibility index (Phi) is 3.93. The summed E-state index contributed by atoms with van der Waals surface area (Å²) in [5, 5.41) is 11.7. The smallest absolute Gasteiger partial charge is 0.381 e. The average Bonchev–Trinajstić information content (AvgIpc) is 2.39. The van der Waals surface area contributed by atoms with E-state index in [4.69, 9.17) is 5.26 Å². The molecule has 0 aliphatic heterocycles. The highest BCUT2D eigenvalue weighted by Crippen LogP contribution is 2.38. The number of alkyl halides is 3. The first-order valence-corrected chi connectivity index (χ1v) is 6.18. The van der Waals surface area contributed by atoms with Gasteiger partial charge in [0, 0.05) is 6.04 Å². The average molecular weight is 269 g/mol. The van der Waals surface area contributed by atoms with E-state index < -0.39 is 12.1 Å². The molecule has 0 aromatic carbocycles. The number of nitrogens with one attached hydrogen (secondary N) is 1. The standard InChI is InChI=1S/C13H14F3N3/c14-13(15,16)9-2-1-3-10(6-9)19-12-5-4-11(7-17)18-8-12/h4-5,8-10,19H,1-3,6H2. The second kappa shape index (κ2) is 5.47. The summed E-state index contributed by atoms with van der Waals surface area (Å²) in [5.41, 5.74) is 0.953. The summed E-state index contributed by atoms with van der Waals surface area (Å²) in [7, 11) is 0. The van der Waals surface area contributed by atoms with E-state index >= 15 is 0 Å². The van der Waals surface area contributed by atoms with Gasteiger partial charge in [0.2, 0.25) is 0 Å². The minimum absolute atomic E-state index is 0.101. The second-order valence-electron chi connectivity index (χ2n) is 4.79. The molecule has 3 nitrogen and oxygen atoms in total. The first-order valence-electron chi connectivity index (χ1n) is 6.18. The summed E-state index contributed by atoms with van der Waals surface area (Å²) in [6, 6.07) is 4.93. The molecule has 1 aromatic rings. The van der Waals surface area contributed by atoms with Crippen LogP contribution in [0.5, 0.6) is 0 Å². The molecule has 2 rings (SSSR count). The van der Waals surface area contributed by atoms with Crippen LogP contribution in [0.15, 0.2) is 18.3 Å². The van der Waals surface area contributed by atoms with Gasteiger partial charge in [-0.1, -0.05) is 6.42 Å². The molecule has 1 heterocycles. The van der Waals surface area contributed by atoms with Crippen LogP contribution >= 0.6 is 0 Å². The van der Waals surface area contributed by atoms with Crippen molar-refractivity contribution in [3.8, 4) is 6.07 Å². The van der Waals surface area contributed by atoms with Gasteiger partial charge < -0.3 is 5.32 Å². The number of aromatic nitrogens is 1. The summed E-state index contributed by atoms with van der Waals surface area (Å²) in [5.74, 6) is -1.22. The van der Waals surface area contributed by atoms with Gasteiger partial charge in [-0.25, -0.2) is 4.98 Å². The summed E-state index contributed by atoms with van der Waals surface area (Å²) in [6.45, 7) is 0. The number of halogens is 3. The summed E-state index contributed by atoms with van der Waals surface area (Å²) in [4.78, 5) is 3.88. The summed E-state index contributed by atoms with van der Waals surface area (Å²) in [6.07, 6.45) is -1.01. The van der Waals surface area contributed by atoms with Crippen molar-refractivity contribution >= 4 is 5.69 Å². The third-order valence-corrected chi connectivity index (χ3v) is 3.39. The highest BCUT2D eigenvalue weighted by molar-refractivity contribution is 5.43. The quantitative estimate of drug-likeness (QED) is 0.894. The Bertz CT molecular complexity index is 462. The van der Waals surface area contributed by atoms with Crippen molar-refractivity contribution in [3.63, 3.8) is 0 Å². The Hall–Kier alpha value is -1.77. The molecule has 1 aliphatic carbocycles. The molecule has 0 bridgehead atoms. The third kappa shape index (κ3) is 3.60. The van der Waals surface area contributed by atoms with Gasteiger partial charge in [0.05, 0.1) is 17.8 Å². The van der Waals surface area contributed by atoms with Gasteiger partial charge >= 0.3 is 6.18 Å². The van der Waals surface area contributed by atoms with Crippen LogP contribution in [0.25, 0.3) is 0 Å². The lowest BCUT2D eigenvalue weighted by atomic mass is 9.85. The topological polar surface area (TPSA) is 48.7 Å².